The molecule has 1 aliphatic carbocycles. The highest BCUT2D eigenvalue weighted by Crippen LogP contribution is 2.42. The molecule has 1 heterocycles. The SMILES string of the molecule is COc1ccc(N2CCNC(C)(C3CC3)C2)c(OC)c1. The van der Waals surface area contributed by atoms with Crippen LogP contribution in [0.15, 0.2) is 18.2 Å². The number of nitrogens with zero attached hydrogens (tertiary/aromatic N) is 1. The first-order chi connectivity index (χ1) is 9.66. The van der Waals surface area contributed by atoms with Gasteiger partial charge in [0, 0.05) is 31.2 Å². The molecule has 0 aromatic heterocycles. The van der Waals surface area contributed by atoms with Gasteiger partial charge in [-0.25, -0.2) is 0 Å². The van der Waals surface area contributed by atoms with E-state index in [0.717, 1.165) is 37.1 Å². The first kappa shape index (κ1) is 13.6. The molecule has 4 heteroatoms. The Labute approximate surface area is 121 Å². The molecule has 1 saturated heterocycles. The number of hydrogen-bond donors (Lipinski definition) is 1. The Balaban J connectivity index is 1.84. The first-order valence-electron chi connectivity index (χ1n) is 7.38. The zero-order valence-electron chi connectivity index (χ0n) is 12.6. The molecule has 2 fully saturated rings. The van der Waals surface area contributed by atoms with Crippen LogP contribution in [0, 0.1) is 5.92 Å². The Kier molecular flexibility index (Phi) is 3.50. The fourth-order valence-corrected chi connectivity index (χ4v) is 3.25. The highest BCUT2D eigenvalue weighted by molar-refractivity contribution is 5.61. The van der Waals surface area contributed by atoms with E-state index in [1.807, 2.05) is 12.1 Å². The van der Waals surface area contributed by atoms with Crippen molar-refractivity contribution < 1.29 is 9.47 Å². The van der Waals surface area contributed by atoms with Crippen molar-refractivity contribution in [1.29, 1.82) is 0 Å². The van der Waals surface area contributed by atoms with Gasteiger partial charge >= 0.3 is 0 Å². The molecule has 110 valence electrons. The van der Waals surface area contributed by atoms with Gasteiger partial charge in [0.05, 0.1) is 19.9 Å². The number of anilines is 1. The third-order valence-electron chi connectivity index (χ3n) is 4.64. The summed E-state index contributed by atoms with van der Waals surface area (Å²) < 4.78 is 10.8. The minimum absolute atomic E-state index is 0.239. The van der Waals surface area contributed by atoms with E-state index >= 15 is 0 Å². The van der Waals surface area contributed by atoms with Gasteiger partial charge in [-0.05, 0) is 37.8 Å². The van der Waals surface area contributed by atoms with Crippen LogP contribution < -0.4 is 19.7 Å². The topological polar surface area (TPSA) is 33.7 Å². The van der Waals surface area contributed by atoms with Crippen LogP contribution in [0.1, 0.15) is 19.8 Å². The maximum Gasteiger partial charge on any atom is 0.145 e. The summed E-state index contributed by atoms with van der Waals surface area (Å²) in [5, 5.41) is 3.71. The standard InChI is InChI=1S/C16H24N2O2/c1-16(12-4-5-12)11-18(9-8-17-16)14-7-6-13(19-2)10-15(14)20-3/h6-7,10,12,17H,4-5,8-9,11H2,1-3H3. The van der Waals surface area contributed by atoms with Crippen molar-refractivity contribution in [2.24, 2.45) is 5.92 Å². The van der Waals surface area contributed by atoms with Gasteiger partial charge in [0.2, 0.25) is 0 Å². The predicted octanol–water partition coefficient (Wildman–Crippen LogP) is 2.28. The van der Waals surface area contributed by atoms with Crippen molar-refractivity contribution in [1.82, 2.24) is 5.32 Å². The van der Waals surface area contributed by atoms with E-state index in [1.54, 1.807) is 14.2 Å². The molecular formula is C16H24N2O2. The van der Waals surface area contributed by atoms with Crippen molar-refractivity contribution in [2.45, 2.75) is 25.3 Å². The van der Waals surface area contributed by atoms with Gasteiger partial charge in [0.1, 0.15) is 11.5 Å². The van der Waals surface area contributed by atoms with Crippen LogP contribution >= 0.6 is 0 Å². The molecule has 0 bridgehead atoms. The molecule has 0 spiro atoms. The van der Waals surface area contributed by atoms with E-state index in [9.17, 15) is 0 Å². The van der Waals surface area contributed by atoms with E-state index in [1.165, 1.54) is 18.5 Å². The summed E-state index contributed by atoms with van der Waals surface area (Å²) in [5.74, 6) is 2.56. The lowest BCUT2D eigenvalue weighted by molar-refractivity contribution is 0.284. The fourth-order valence-electron chi connectivity index (χ4n) is 3.25. The summed E-state index contributed by atoms with van der Waals surface area (Å²) in [7, 11) is 3.41. The lowest BCUT2D eigenvalue weighted by Crippen LogP contribution is -2.60. The summed E-state index contributed by atoms with van der Waals surface area (Å²) in [6, 6.07) is 6.08. The molecule has 1 aliphatic heterocycles. The molecule has 0 amide bonds. The highest BCUT2D eigenvalue weighted by atomic mass is 16.5. The van der Waals surface area contributed by atoms with Crippen LogP contribution in [0.25, 0.3) is 0 Å². The van der Waals surface area contributed by atoms with Gasteiger partial charge in [-0.2, -0.15) is 0 Å². The number of ether oxygens (including phenoxy) is 2. The minimum atomic E-state index is 0.239. The van der Waals surface area contributed by atoms with E-state index in [0.29, 0.717) is 0 Å². The summed E-state index contributed by atoms with van der Waals surface area (Å²) in [5.41, 5.74) is 1.41. The third-order valence-corrected chi connectivity index (χ3v) is 4.64. The zero-order valence-corrected chi connectivity index (χ0v) is 12.6. The molecule has 1 unspecified atom stereocenters. The average molecular weight is 276 g/mol. The Morgan fingerprint density at radius 2 is 2.05 bits per heavy atom. The van der Waals surface area contributed by atoms with Crippen molar-refractivity contribution in [3.8, 4) is 11.5 Å². The Bertz CT molecular complexity index is 487. The van der Waals surface area contributed by atoms with E-state index in [4.69, 9.17) is 9.47 Å². The number of methoxy groups -OCH3 is 2. The molecule has 1 saturated carbocycles. The number of nitrogens with one attached hydrogen (secondary N) is 1. The second kappa shape index (κ2) is 5.17. The predicted molar refractivity (Wildman–Crippen MR) is 80.9 cm³/mol. The number of piperazine rings is 1. The van der Waals surface area contributed by atoms with Gasteiger partial charge in [-0.1, -0.05) is 0 Å². The second-order valence-electron chi connectivity index (χ2n) is 6.08. The van der Waals surface area contributed by atoms with Crippen molar-refractivity contribution in [3.63, 3.8) is 0 Å². The van der Waals surface area contributed by atoms with Gasteiger partial charge in [-0.3, -0.25) is 0 Å². The molecule has 1 aromatic rings. The summed E-state index contributed by atoms with van der Waals surface area (Å²) in [6.45, 7) is 5.44. The number of hydrogen-bond acceptors (Lipinski definition) is 4. The minimum Gasteiger partial charge on any atom is -0.497 e. The van der Waals surface area contributed by atoms with E-state index in [-0.39, 0.29) is 5.54 Å². The van der Waals surface area contributed by atoms with Crippen molar-refractivity contribution >= 4 is 5.69 Å². The monoisotopic (exact) mass is 276 g/mol. The molecule has 4 nitrogen and oxygen atoms in total. The quantitative estimate of drug-likeness (QED) is 0.915. The van der Waals surface area contributed by atoms with Crippen LogP contribution in [-0.2, 0) is 0 Å². The van der Waals surface area contributed by atoms with Crippen molar-refractivity contribution in [3.05, 3.63) is 18.2 Å². The summed E-state index contributed by atoms with van der Waals surface area (Å²) in [4.78, 5) is 2.44. The van der Waals surface area contributed by atoms with Crippen LogP contribution in [0.3, 0.4) is 0 Å². The fraction of sp³-hybridized carbons (Fsp3) is 0.625. The van der Waals surface area contributed by atoms with Crippen LogP contribution in [0.4, 0.5) is 5.69 Å². The summed E-state index contributed by atoms with van der Waals surface area (Å²) in [6.07, 6.45) is 2.72. The maximum atomic E-state index is 5.54. The Morgan fingerprint density at radius 3 is 2.70 bits per heavy atom. The van der Waals surface area contributed by atoms with E-state index < -0.39 is 0 Å². The van der Waals surface area contributed by atoms with Gasteiger partial charge in [0.15, 0.2) is 0 Å². The normalized spacial score (nSPS) is 26.4. The Hall–Kier alpha value is -1.42. The molecule has 1 aromatic carbocycles. The van der Waals surface area contributed by atoms with Gasteiger partial charge in [-0.15, -0.1) is 0 Å². The summed E-state index contributed by atoms with van der Waals surface area (Å²) >= 11 is 0. The lowest BCUT2D eigenvalue weighted by atomic mass is 9.92. The first-order valence-corrected chi connectivity index (χ1v) is 7.38. The zero-order chi connectivity index (χ0) is 14.2. The largest absolute Gasteiger partial charge is 0.497 e. The molecule has 2 aliphatic rings. The molecule has 0 radical (unpaired) electrons. The number of benzene rings is 1. The average Bonchev–Trinajstić information content (AvgIpc) is 3.31. The smallest absolute Gasteiger partial charge is 0.145 e. The Morgan fingerprint density at radius 1 is 1.25 bits per heavy atom. The molecule has 1 atom stereocenters. The van der Waals surface area contributed by atoms with Crippen LogP contribution in [0.2, 0.25) is 0 Å². The number of rotatable bonds is 4. The van der Waals surface area contributed by atoms with Gasteiger partial charge < -0.3 is 19.7 Å². The van der Waals surface area contributed by atoms with Crippen molar-refractivity contribution in [2.75, 3.05) is 38.8 Å². The molecule has 3 rings (SSSR count). The third kappa shape index (κ3) is 2.44. The van der Waals surface area contributed by atoms with Crippen LogP contribution in [0.5, 0.6) is 11.5 Å². The van der Waals surface area contributed by atoms with E-state index in [2.05, 4.69) is 23.2 Å². The lowest BCUT2D eigenvalue weighted by Gasteiger charge is -2.43. The molecule has 1 N–H and O–H groups in total. The maximum absolute atomic E-state index is 5.54. The van der Waals surface area contributed by atoms with Crippen LogP contribution in [-0.4, -0.2) is 39.4 Å². The highest BCUT2D eigenvalue weighted by Gasteiger charge is 2.44. The van der Waals surface area contributed by atoms with Gasteiger partial charge in [0.25, 0.3) is 0 Å². The second-order valence-corrected chi connectivity index (χ2v) is 6.08. The molecule has 20 heavy (non-hydrogen) atoms. The molecular weight excluding hydrogens is 252 g/mol.